The Morgan fingerprint density at radius 1 is 0.733 bits per heavy atom. The second-order valence-electron chi connectivity index (χ2n) is 4.94. The summed E-state index contributed by atoms with van der Waals surface area (Å²) in [6.07, 6.45) is 0. The van der Waals surface area contributed by atoms with Crippen molar-refractivity contribution < 1.29 is 26.9 Å². The Balaban J connectivity index is 4.11. The van der Waals surface area contributed by atoms with E-state index in [1.165, 1.54) is 0 Å². The van der Waals surface area contributed by atoms with Crippen LogP contribution >= 0.6 is 0 Å². The number of hydrogen-bond donors (Lipinski definition) is 0. The van der Waals surface area contributed by atoms with Crippen LogP contribution in [0.2, 0.25) is 0 Å². The minimum absolute atomic E-state index is 0.752. The Bertz CT molecular complexity index is 257. The Kier molecular flexibility index (Phi) is 4.68. The molecule has 0 unspecified atom stereocenters. The molecule has 0 atom stereocenters. The van der Waals surface area contributed by atoms with Crippen LogP contribution in [-0.4, -0.2) is 19.6 Å². The van der Waals surface area contributed by atoms with Crippen LogP contribution in [0.15, 0.2) is 0 Å². The molecule has 0 radical (unpaired) electrons. The summed E-state index contributed by atoms with van der Waals surface area (Å²) in [7, 11) is -4.29. The van der Waals surface area contributed by atoms with E-state index in [4.69, 9.17) is 0 Å². The summed E-state index contributed by atoms with van der Waals surface area (Å²) in [5, 5.41) is 0. The van der Waals surface area contributed by atoms with Gasteiger partial charge in [-0.2, -0.15) is 8.42 Å². The highest BCUT2D eigenvalue weighted by atomic mass is 32.3. The molecule has 0 aliphatic carbocycles. The van der Waals surface area contributed by atoms with Crippen molar-refractivity contribution >= 4 is 10.4 Å². The highest BCUT2D eigenvalue weighted by Gasteiger charge is 2.24. The molecule has 0 saturated carbocycles. The van der Waals surface area contributed by atoms with E-state index >= 15 is 0 Å². The largest absolute Gasteiger partial charge is 0.453 e. The average molecular weight is 242 g/mol. The van der Waals surface area contributed by atoms with Crippen molar-refractivity contribution in [1.29, 1.82) is 0 Å². The maximum atomic E-state index is 11.0. The molecule has 0 aliphatic heterocycles. The fraction of sp³-hybridized carbons (Fsp3) is 1.00. The van der Waals surface area contributed by atoms with Gasteiger partial charge in [0.25, 0.3) is 0 Å². The van der Waals surface area contributed by atoms with E-state index in [1.54, 1.807) is 41.5 Å². The van der Waals surface area contributed by atoms with Crippen LogP contribution < -0.4 is 0 Å². The molecule has 0 fully saturated rings. The van der Waals surface area contributed by atoms with Gasteiger partial charge in [-0.15, -0.1) is 0 Å². The molecule has 0 rings (SSSR count). The van der Waals surface area contributed by atoms with Gasteiger partial charge >= 0.3 is 10.4 Å². The van der Waals surface area contributed by atoms with Crippen molar-refractivity contribution in [1.82, 2.24) is 0 Å². The lowest BCUT2D eigenvalue weighted by Gasteiger charge is -2.19. The van der Waals surface area contributed by atoms with E-state index in [0.29, 0.717) is 0 Å². The lowest BCUT2D eigenvalue weighted by molar-refractivity contribution is -0.319. The van der Waals surface area contributed by atoms with Crippen molar-refractivity contribution in [2.45, 2.75) is 52.7 Å². The predicted octanol–water partition coefficient (Wildman–Crippen LogP) is 1.72. The summed E-state index contributed by atoms with van der Waals surface area (Å²) in [4.78, 5) is 9.13. The Labute approximate surface area is 90.7 Å². The van der Waals surface area contributed by atoms with Crippen molar-refractivity contribution in [3.63, 3.8) is 0 Å². The molecule has 0 bridgehead atoms. The van der Waals surface area contributed by atoms with Gasteiger partial charge in [-0.05, 0) is 41.5 Å². The molecule has 7 heteroatoms. The molecule has 0 saturated heterocycles. The first-order chi connectivity index (χ1) is 6.41. The van der Waals surface area contributed by atoms with Gasteiger partial charge in [-0.1, -0.05) is 8.67 Å². The molecule has 0 spiro atoms. The zero-order valence-electron chi connectivity index (χ0n) is 9.86. The summed E-state index contributed by atoms with van der Waals surface area (Å²) in [5.74, 6) is 0. The third-order valence-corrected chi connectivity index (χ3v) is 1.20. The molecule has 15 heavy (non-hydrogen) atoms. The van der Waals surface area contributed by atoms with Crippen LogP contribution in [0, 0.1) is 0 Å². The summed E-state index contributed by atoms with van der Waals surface area (Å²) in [6.45, 7) is 9.79. The second kappa shape index (κ2) is 4.75. The van der Waals surface area contributed by atoms with Gasteiger partial charge in [0.05, 0.1) is 11.2 Å². The molecule has 92 valence electrons. The van der Waals surface area contributed by atoms with Gasteiger partial charge in [0.1, 0.15) is 0 Å². The molecule has 6 nitrogen and oxygen atoms in total. The van der Waals surface area contributed by atoms with Crippen LogP contribution in [-0.2, 0) is 28.8 Å². The quantitative estimate of drug-likeness (QED) is 0.552. The van der Waals surface area contributed by atoms with Gasteiger partial charge in [0.15, 0.2) is 0 Å². The van der Waals surface area contributed by atoms with Gasteiger partial charge < -0.3 is 0 Å². The molecular weight excluding hydrogens is 224 g/mol. The molecule has 0 heterocycles. The molecule has 0 aromatic carbocycles. The maximum Gasteiger partial charge on any atom is 0.453 e. The third kappa shape index (κ3) is 10.1. The highest BCUT2D eigenvalue weighted by molar-refractivity contribution is 7.81. The van der Waals surface area contributed by atoms with Crippen molar-refractivity contribution in [3.8, 4) is 0 Å². The second-order valence-corrected chi connectivity index (χ2v) is 6.02. The normalized spacial score (nSPS) is 14.3. The lowest BCUT2D eigenvalue weighted by Crippen LogP contribution is -2.26. The lowest BCUT2D eigenvalue weighted by atomic mass is 10.2. The van der Waals surface area contributed by atoms with E-state index in [2.05, 4.69) is 18.4 Å². The Hall–Kier alpha value is -0.210. The van der Waals surface area contributed by atoms with E-state index in [-0.39, 0.29) is 0 Å². The van der Waals surface area contributed by atoms with Gasteiger partial charge in [0.2, 0.25) is 0 Å². The minimum atomic E-state index is -4.29. The summed E-state index contributed by atoms with van der Waals surface area (Å²) in [6, 6.07) is 0. The first-order valence-corrected chi connectivity index (χ1v) is 5.74. The Morgan fingerprint density at radius 2 is 1.00 bits per heavy atom. The van der Waals surface area contributed by atoms with E-state index in [0.717, 1.165) is 0 Å². The number of hydrogen-bond acceptors (Lipinski definition) is 6. The van der Waals surface area contributed by atoms with Crippen LogP contribution in [0.5, 0.6) is 0 Å². The van der Waals surface area contributed by atoms with Crippen LogP contribution in [0.3, 0.4) is 0 Å². The van der Waals surface area contributed by atoms with Crippen molar-refractivity contribution in [2.75, 3.05) is 0 Å². The first kappa shape index (κ1) is 14.8. The summed E-state index contributed by atoms with van der Waals surface area (Å²) < 4.78 is 30.3. The molecule has 0 aromatic rings. The van der Waals surface area contributed by atoms with Crippen LogP contribution in [0.25, 0.3) is 0 Å². The molecule has 0 N–H and O–H groups in total. The molecule has 0 amide bonds. The van der Waals surface area contributed by atoms with E-state index in [1.807, 2.05) is 0 Å². The van der Waals surface area contributed by atoms with Crippen molar-refractivity contribution in [3.05, 3.63) is 0 Å². The maximum absolute atomic E-state index is 11.0. The average Bonchev–Trinajstić information content (AvgIpc) is 1.96. The highest BCUT2D eigenvalue weighted by Crippen LogP contribution is 2.14. The zero-order valence-corrected chi connectivity index (χ0v) is 10.7. The third-order valence-electron chi connectivity index (χ3n) is 0.735. The topological polar surface area (TPSA) is 71.1 Å². The fourth-order valence-corrected chi connectivity index (χ4v) is 0.896. The first-order valence-electron chi connectivity index (χ1n) is 4.41. The summed E-state index contributed by atoms with van der Waals surface area (Å²) >= 11 is 0. The molecule has 0 aliphatic rings. The standard InChI is InChI=1S/C8H18O6S/c1-7(2,3)11-13-15(9,10)14-12-8(4,5)6/h1-6H3. The minimum Gasteiger partial charge on any atom is -0.212 e. The van der Waals surface area contributed by atoms with Gasteiger partial charge in [-0.25, -0.2) is 9.78 Å². The monoisotopic (exact) mass is 242 g/mol. The smallest absolute Gasteiger partial charge is 0.212 e. The van der Waals surface area contributed by atoms with E-state index in [9.17, 15) is 8.42 Å². The summed E-state index contributed by atoms with van der Waals surface area (Å²) in [5.41, 5.74) is -1.50. The number of rotatable bonds is 4. The molecule has 0 aromatic heterocycles. The zero-order chi connectivity index (χ0) is 12.3. The van der Waals surface area contributed by atoms with Crippen molar-refractivity contribution in [2.24, 2.45) is 0 Å². The van der Waals surface area contributed by atoms with Gasteiger partial charge in [0, 0.05) is 0 Å². The fourth-order valence-electron chi connectivity index (χ4n) is 0.299. The van der Waals surface area contributed by atoms with Crippen LogP contribution in [0.1, 0.15) is 41.5 Å². The van der Waals surface area contributed by atoms with E-state index < -0.39 is 21.6 Å². The van der Waals surface area contributed by atoms with Crippen LogP contribution in [0.4, 0.5) is 0 Å². The molecular formula is C8H18O6S. The van der Waals surface area contributed by atoms with Gasteiger partial charge in [-0.3, -0.25) is 0 Å². The predicted molar refractivity (Wildman–Crippen MR) is 52.8 cm³/mol. The SMILES string of the molecule is CC(C)(C)OOS(=O)(=O)OOC(C)(C)C. The Morgan fingerprint density at radius 3 is 1.20 bits per heavy atom.